The minimum Gasteiger partial charge on any atom is -0.493 e. The maximum absolute atomic E-state index is 12.9. The van der Waals surface area contributed by atoms with Gasteiger partial charge in [0.15, 0.2) is 11.5 Å². The molecule has 0 atom stereocenters. The summed E-state index contributed by atoms with van der Waals surface area (Å²) in [6.45, 7) is 0.296. The molecule has 0 N–H and O–H groups in total. The summed E-state index contributed by atoms with van der Waals surface area (Å²) in [5, 5.41) is 0. The Bertz CT molecular complexity index is 741. The van der Waals surface area contributed by atoms with Crippen LogP contribution in [0.25, 0.3) is 6.08 Å². The lowest BCUT2D eigenvalue weighted by Crippen LogP contribution is -2.00. The van der Waals surface area contributed by atoms with Gasteiger partial charge in [0.05, 0.1) is 17.8 Å². The normalized spacial score (nSPS) is 10.7. The van der Waals surface area contributed by atoms with Crippen LogP contribution in [0, 0.1) is 9.39 Å². The molecule has 0 aliphatic carbocycles. The van der Waals surface area contributed by atoms with Crippen LogP contribution in [0.1, 0.15) is 11.1 Å². The number of rotatable bonds is 6. The Kier molecular flexibility index (Phi) is 6.60. The molecule has 0 saturated heterocycles. The Hall–Kier alpha value is -2.09. The molecule has 0 saturated carbocycles. The summed E-state index contributed by atoms with van der Waals surface area (Å²) in [7, 11) is 2.87. The lowest BCUT2D eigenvalue weighted by Gasteiger charge is -2.13. The molecule has 24 heavy (non-hydrogen) atoms. The summed E-state index contributed by atoms with van der Waals surface area (Å²) < 4.78 is 29.5. The van der Waals surface area contributed by atoms with Crippen molar-refractivity contribution in [3.8, 4) is 11.5 Å². The van der Waals surface area contributed by atoms with Gasteiger partial charge in [-0.1, -0.05) is 12.1 Å². The van der Waals surface area contributed by atoms with Crippen LogP contribution in [0.3, 0.4) is 0 Å². The highest BCUT2D eigenvalue weighted by molar-refractivity contribution is 14.1. The summed E-state index contributed by atoms with van der Waals surface area (Å²) in [6.07, 6.45) is 2.98. The highest BCUT2D eigenvalue weighted by Crippen LogP contribution is 2.35. The number of ether oxygens (including phenoxy) is 3. The Morgan fingerprint density at radius 3 is 2.54 bits per heavy atom. The van der Waals surface area contributed by atoms with E-state index in [1.54, 1.807) is 31.4 Å². The van der Waals surface area contributed by atoms with Gasteiger partial charge in [-0.15, -0.1) is 0 Å². The minimum atomic E-state index is -0.430. The van der Waals surface area contributed by atoms with Gasteiger partial charge >= 0.3 is 5.97 Å². The summed E-state index contributed by atoms with van der Waals surface area (Å²) in [6, 6.07) is 9.75. The largest absolute Gasteiger partial charge is 0.493 e. The molecule has 126 valence electrons. The van der Waals surface area contributed by atoms with E-state index in [1.165, 1.54) is 25.3 Å². The van der Waals surface area contributed by atoms with Gasteiger partial charge in [-0.2, -0.15) is 0 Å². The highest BCUT2D eigenvalue weighted by Gasteiger charge is 2.11. The Morgan fingerprint density at radius 1 is 1.21 bits per heavy atom. The van der Waals surface area contributed by atoms with Gasteiger partial charge < -0.3 is 14.2 Å². The van der Waals surface area contributed by atoms with Crippen molar-refractivity contribution in [2.45, 2.75) is 6.61 Å². The van der Waals surface area contributed by atoms with E-state index in [0.717, 1.165) is 14.7 Å². The first-order chi connectivity index (χ1) is 11.5. The maximum atomic E-state index is 12.9. The van der Waals surface area contributed by atoms with Crippen molar-refractivity contribution < 1.29 is 23.4 Å². The van der Waals surface area contributed by atoms with Crippen LogP contribution < -0.4 is 9.47 Å². The van der Waals surface area contributed by atoms with Gasteiger partial charge in [-0.25, -0.2) is 9.18 Å². The van der Waals surface area contributed by atoms with Gasteiger partial charge in [-0.3, -0.25) is 0 Å². The van der Waals surface area contributed by atoms with Crippen LogP contribution >= 0.6 is 22.6 Å². The van der Waals surface area contributed by atoms with E-state index in [2.05, 4.69) is 27.3 Å². The van der Waals surface area contributed by atoms with E-state index >= 15 is 0 Å². The second-order valence-corrected chi connectivity index (χ2v) is 5.97. The first kappa shape index (κ1) is 18.3. The fourth-order valence-electron chi connectivity index (χ4n) is 1.94. The third kappa shape index (κ3) is 4.95. The maximum Gasteiger partial charge on any atom is 0.330 e. The van der Waals surface area contributed by atoms with E-state index in [0.29, 0.717) is 18.1 Å². The van der Waals surface area contributed by atoms with Crippen LogP contribution in [0.15, 0.2) is 42.5 Å². The third-order valence-electron chi connectivity index (χ3n) is 3.16. The minimum absolute atomic E-state index is 0.285. The fraction of sp³-hybridized carbons (Fsp3) is 0.167. The highest BCUT2D eigenvalue weighted by atomic mass is 127. The van der Waals surface area contributed by atoms with Crippen LogP contribution in [0.5, 0.6) is 11.5 Å². The molecular weight excluding hydrogens is 426 g/mol. The van der Waals surface area contributed by atoms with E-state index in [9.17, 15) is 9.18 Å². The Morgan fingerprint density at radius 2 is 1.92 bits per heavy atom. The van der Waals surface area contributed by atoms with Gasteiger partial charge in [0.2, 0.25) is 0 Å². The lowest BCUT2D eigenvalue weighted by molar-refractivity contribution is -0.134. The van der Waals surface area contributed by atoms with Crippen LogP contribution in [-0.4, -0.2) is 20.2 Å². The van der Waals surface area contributed by atoms with Crippen molar-refractivity contribution in [1.82, 2.24) is 0 Å². The number of hydrogen-bond acceptors (Lipinski definition) is 4. The summed E-state index contributed by atoms with van der Waals surface area (Å²) >= 11 is 2.13. The molecule has 0 unspecified atom stereocenters. The van der Waals surface area contributed by atoms with Gasteiger partial charge in [0, 0.05) is 6.08 Å². The van der Waals surface area contributed by atoms with Crippen LogP contribution in [0.2, 0.25) is 0 Å². The number of esters is 1. The lowest BCUT2D eigenvalue weighted by atomic mass is 10.2. The summed E-state index contributed by atoms with van der Waals surface area (Å²) in [4.78, 5) is 11.2. The molecule has 0 fully saturated rings. The van der Waals surface area contributed by atoms with Gasteiger partial charge in [0.25, 0.3) is 0 Å². The number of carbonyl (C=O) groups is 1. The average Bonchev–Trinajstić information content (AvgIpc) is 2.59. The molecule has 2 rings (SSSR count). The summed E-state index contributed by atoms with van der Waals surface area (Å²) in [5.74, 6) is 0.430. The molecule has 0 aliphatic heterocycles. The number of methoxy groups -OCH3 is 2. The SMILES string of the molecule is COC(=O)/C=C/c1cc(I)c(OCc2ccc(F)cc2)c(OC)c1. The first-order valence-electron chi connectivity index (χ1n) is 7.04. The standard InChI is InChI=1S/C18H16FIO4/c1-22-16-10-13(5-8-17(21)23-2)9-15(20)18(16)24-11-12-3-6-14(19)7-4-12/h3-10H,11H2,1-2H3/b8-5+. The zero-order valence-corrected chi connectivity index (χ0v) is 15.4. The number of carbonyl (C=O) groups excluding carboxylic acids is 1. The van der Waals surface area contributed by atoms with Crippen LogP contribution in [-0.2, 0) is 16.1 Å². The molecule has 0 spiro atoms. The van der Waals surface area contributed by atoms with E-state index < -0.39 is 5.97 Å². The van der Waals surface area contributed by atoms with Crippen LogP contribution in [0.4, 0.5) is 4.39 Å². The second kappa shape index (κ2) is 8.68. The molecular formula is C18H16FIO4. The molecule has 6 heteroatoms. The van der Waals surface area contributed by atoms with E-state index in [1.807, 2.05) is 6.07 Å². The number of benzene rings is 2. The Balaban J connectivity index is 2.18. The summed E-state index contributed by atoms with van der Waals surface area (Å²) in [5.41, 5.74) is 1.64. The number of halogens is 2. The average molecular weight is 442 g/mol. The van der Waals surface area contributed by atoms with Crippen molar-refractivity contribution in [3.05, 3.63) is 63.0 Å². The third-order valence-corrected chi connectivity index (χ3v) is 3.96. The number of hydrogen-bond donors (Lipinski definition) is 0. The van der Waals surface area contributed by atoms with Crippen molar-refractivity contribution >= 4 is 34.6 Å². The molecule has 0 radical (unpaired) electrons. The predicted molar refractivity (Wildman–Crippen MR) is 97.5 cm³/mol. The smallest absolute Gasteiger partial charge is 0.330 e. The molecule has 2 aromatic rings. The molecule has 0 amide bonds. The predicted octanol–water partition coefficient (Wildman–Crippen LogP) is 4.20. The quantitative estimate of drug-likeness (QED) is 0.382. The molecule has 0 aromatic heterocycles. The molecule has 4 nitrogen and oxygen atoms in total. The monoisotopic (exact) mass is 442 g/mol. The molecule has 0 aliphatic rings. The molecule has 2 aromatic carbocycles. The van der Waals surface area contributed by atoms with Crippen molar-refractivity contribution in [2.75, 3.05) is 14.2 Å². The van der Waals surface area contributed by atoms with E-state index in [-0.39, 0.29) is 5.82 Å². The van der Waals surface area contributed by atoms with Crippen molar-refractivity contribution in [3.63, 3.8) is 0 Å². The van der Waals surface area contributed by atoms with Gasteiger partial charge in [0.1, 0.15) is 12.4 Å². The topological polar surface area (TPSA) is 44.8 Å². The zero-order valence-electron chi connectivity index (χ0n) is 13.2. The van der Waals surface area contributed by atoms with Crippen molar-refractivity contribution in [2.24, 2.45) is 0 Å². The Labute approximate surface area is 153 Å². The van der Waals surface area contributed by atoms with Crippen molar-refractivity contribution in [1.29, 1.82) is 0 Å². The molecule has 0 bridgehead atoms. The van der Waals surface area contributed by atoms with E-state index in [4.69, 9.17) is 9.47 Å². The zero-order chi connectivity index (χ0) is 17.5. The van der Waals surface area contributed by atoms with Gasteiger partial charge in [-0.05, 0) is 64.1 Å². The first-order valence-corrected chi connectivity index (χ1v) is 8.12. The second-order valence-electron chi connectivity index (χ2n) is 4.81. The molecule has 0 heterocycles. The fourth-order valence-corrected chi connectivity index (χ4v) is 2.73.